The molecule has 0 bridgehead atoms. The minimum Gasteiger partial charge on any atom is -0.496 e. The molecular formula is C22H20N4O2. The molecular weight excluding hydrogens is 352 g/mol. The Bertz CT molecular complexity index is 1240. The molecule has 1 fully saturated rings. The summed E-state index contributed by atoms with van der Waals surface area (Å²) >= 11 is 0. The standard InChI is InChI=1S/C22H20N4O2/c1-13-9-19(27-2)18(17-7-8-24-20(13)17)12-26-11-15-4-3-14(10-23)22(21(15)25-26)28-16-5-6-16/h3-4,7-9,11,16,24H,5-6,12H2,1-2H3. The number of nitriles is 1. The predicted molar refractivity (Wildman–Crippen MR) is 107 cm³/mol. The first-order valence-electron chi connectivity index (χ1n) is 9.38. The zero-order chi connectivity index (χ0) is 19.3. The summed E-state index contributed by atoms with van der Waals surface area (Å²) in [5.41, 5.74) is 4.59. The van der Waals surface area contributed by atoms with Gasteiger partial charge in [0.05, 0.1) is 25.3 Å². The number of rotatable bonds is 5. The smallest absolute Gasteiger partial charge is 0.165 e. The second kappa shape index (κ2) is 6.31. The summed E-state index contributed by atoms with van der Waals surface area (Å²) in [6.07, 6.45) is 6.22. The van der Waals surface area contributed by atoms with Crippen LogP contribution in [-0.4, -0.2) is 28.0 Å². The summed E-state index contributed by atoms with van der Waals surface area (Å²) in [7, 11) is 1.69. The van der Waals surface area contributed by atoms with Gasteiger partial charge >= 0.3 is 0 Å². The molecule has 2 aromatic heterocycles. The predicted octanol–water partition coefficient (Wildman–Crippen LogP) is 4.30. The van der Waals surface area contributed by atoms with E-state index in [4.69, 9.17) is 14.6 Å². The molecule has 2 heterocycles. The summed E-state index contributed by atoms with van der Waals surface area (Å²) in [6.45, 7) is 2.63. The van der Waals surface area contributed by atoms with Crippen molar-refractivity contribution in [1.82, 2.24) is 14.8 Å². The fourth-order valence-electron chi connectivity index (χ4n) is 3.70. The molecule has 6 nitrogen and oxygen atoms in total. The summed E-state index contributed by atoms with van der Waals surface area (Å²) in [5, 5.41) is 16.3. The van der Waals surface area contributed by atoms with E-state index in [0.29, 0.717) is 17.9 Å². The fraction of sp³-hybridized carbons (Fsp3) is 0.273. The number of aryl methyl sites for hydroxylation is 1. The molecule has 6 heteroatoms. The van der Waals surface area contributed by atoms with Crippen molar-refractivity contribution in [3.05, 3.63) is 53.3 Å². The Morgan fingerprint density at radius 1 is 1.32 bits per heavy atom. The molecule has 1 N–H and O–H groups in total. The Morgan fingerprint density at radius 3 is 2.93 bits per heavy atom. The molecule has 0 saturated heterocycles. The number of ether oxygens (including phenoxy) is 2. The van der Waals surface area contributed by atoms with Gasteiger partial charge in [0.15, 0.2) is 5.75 Å². The molecule has 140 valence electrons. The number of benzene rings is 2. The second-order valence-electron chi connectivity index (χ2n) is 7.28. The Labute approximate surface area is 162 Å². The van der Waals surface area contributed by atoms with Crippen LogP contribution in [0.15, 0.2) is 36.7 Å². The molecule has 1 saturated carbocycles. The number of fused-ring (bicyclic) bond motifs is 2. The quantitative estimate of drug-likeness (QED) is 0.567. The van der Waals surface area contributed by atoms with Gasteiger partial charge in [0.1, 0.15) is 17.3 Å². The lowest BCUT2D eigenvalue weighted by Gasteiger charge is -2.12. The average molecular weight is 372 g/mol. The van der Waals surface area contributed by atoms with Gasteiger partial charge in [0.2, 0.25) is 0 Å². The van der Waals surface area contributed by atoms with Gasteiger partial charge in [-0.1, -0.05) is 0 Å². The second-order valence-corrected chi connectivity index (χ2v) is 7.28. The van der Waals surface area contributed by atoms with Gasteiger partial charge in [0, 0.05) is 34.2 Å². The minimum absolute atomic E-state index is 0.208. The number of nitrogens with one attached hydrogen (secondary N) is 1. The normalized spacial score (nSPS) is 13.8. The lowest BCUT2D eigenvalue weighted by atomic mass is 10.0. The van der Waals surface area contributed by atoms with E-state index in [1.165, 1.54) is 0 Å². The summed E-state index contributed by atoms with van der Waals surface area (Å²) in [5.74, 6) is 1.44. The van der Waals surface area contributed by atoms with E-state index in [1.807, 2.05) is 35.3 Å². The third kappa shape index (κ3) is 2.67. The Balaban J connectivity index is 1.61. The number of methoxy groups -OCH3 is 1. The lowest BCUT2D eigenvalue weighted by molar-refractivity contribution is 0.305. The van der Waals surface area contributed by atoms with Crippen LogP contribution < -0.4 is 9.47 Å². The van der Waals surface area contributed by atoms with Gasteiger partial charge in [-0.2, -0.15) is 10.4 Å². The first-order chi connectivity index (χ1) is 13.7. The van der Waals surface area contributed by atoms with Crippen LogP contribution in [0, 0.1) is 18.3 Å². The molecule has 5 rings (SSSR count). The van der Waals surface area contributed by atoms with Gasteiger partial charge in [-0.3, -0.25) is 4.68 Å². The van der Waals surface area contributed by atoms with Crippen molar-refractivity contribution in [1.29, 1.82) is 5.26 Å². The lowest BCUT2D eigenvalue weighted by Crippen LogP contribution is -2.04. The molecule has 0 unspecified atom stereocenters. The zero-order valence-corrected chi connectivity index (χ0v) is 15.8. The maximum atomic E-state index is 9.46. The van der Waals surface area contributed by atoms with E-state index in [-0.39, 0.29) is 6.10 Å². The Hall–Kier alpha value is -3.46. The Kier molecular flexibility index (Phi) is 3.76. The van der Waals surface area contributed by atoms with Crippen LogP contribution in [-0.2, 0) is 6.54 Å². The van der Waals surface area contributed by atoms with Gasteiger partial charge in [-0.05, 0) is 49.6 Å². The highest BCUT2D eigenvalue weighted by Crippen LogP contribution is 2.35. The average Bonchev–Trinajstić information content (AvgIpc) is 3.21. The molecule has 1 aliphatic rings. The van der Waals surface area contributed by atoms with E-state index in [2.05, 4.69) is 24.0 Å². The molecule has 1 aliphatic carbocycles. The maximum Gasteiger partial charge on any atom is 0.165 e. The zero-order valence-electron chi connectivity index (χ0n) is 15.8. The fourth-order valence-corrected chi connectivity index (χ4v) is 3.70. The number of hydrogen-bond donors (Lipinski definition) is 1. The number of H-pyrrole nitrogens is 1. The third-order valence-corrected chi connectivity index (χ3v) is 5.26. The van der Waals surface area contributed by atoms with Gasteiger partial charge < -0.3 is 14.5 Å². The van der Waals surface area contributed by atoms with Gasteiger partial charge in [-0.15, -0.1) is 0 Å². The summed E-state index contributed by atoms with van der Waals surface area (Å²) < 4.78 is 13.6. The molecule has 0 aliphatic heterocycles. The van der Waals surface area contributed by atoms with Crippen LogP contribution in [0.2, 0.25) is 0 Å². The van der Waals surface area contributed by atoms with Crippen LogP contribution in [0.4, 0.5) is 0 Å². The van der Waals surface area contributed by atoms with Crippen molar-refractivity contribution in [3.63, 3.8) is 0 Å². The molecule has 2 aromatic carbocycles. The number of aromatic nitrogens is 3. The van der Waals surface area contributed by atoms with Crippen LogP contribution in [0.5, 0.6) is 11.5 Å². The monoisotopic (exact) mass is 372 g/mol. The SMILES string of the molecule is COc1cc(C)c2[nH]ccc2c1Cn1cc2ccc(C#N)c(OC3CC3)c2n1. The third-order valence-electron chi connectivity index (χ3n) is 5.26. The van der Waals surface area contributed by atoms with E-state index < -0.39 is 0 Å². The minimum atomic E-state index is 0.208. The molecule has 0 radical (unpaired) electrons. The molecule has 4 aromatic rings. The van der Waals surface area contributed by atoms with Crippen LogP contribution >= 0.6 is 0 Å². The van der Waals surface area contributed by atoms with E-state index in [9.17, 15) is 5.26 Å². The van der Waals surface area contributed by atoms with Gasteiger partial charge in [-0.25, -0.2) is 0 Å². The number of nitrogens with zero attached hydrogens (tertiary/aromatic N) is 3. The highest BCUT2D eigenvalue weighted by atomic mass is 16.5. The van der Waals surface area contributed by atoms with Crippen LogP contribution in [0.1, 0.15) is 29.5 Å². The summed E-state index contributed by atoms with van der Waals surface area (Å²) in [4.78, 5) is 3.30. The van der Waals surface area contributed by atoms with Crippen molar-refractivity contribution in [3.8, 4) is 17.6 Å². The molecule has 28 heavy (non-hydrogen) atoms. The van der Waals surface area contributed by atoms with Crippen molar-refractivity contribution in [2.45, 2.75) is 32.4 Å². The van der Waals surface area contributed by atoms with Crippen LogP contribution in [0.3, 0.4) is 0 Å². The largest absolute Gasteiger partial charge is 0.496 e. The van der Waals surface area contributed by atoms with Crippen molar-refractivity contribution >= 4 is 21.8 Å². The van der Waals surface area contributed by atoms with Crippen molar-refractivity contribution in [2.75, 3.05) is 7.11 Å². The molecule has 0 spiro atoms. The Morgan fingerprint density at radius 2 is 2.18 bits per heavy atom. The van der Waals surface area contributed by atoms with Crippen molar-refractivity contribution in [2.24, 2.45) is 0 Å². The van der Waals surface area contributed by atoms with E-state index >= 15 is 0 Å². The molecule has 0 amide bonds. The van der Waals surface area contributed by atoms with Crippen molar-refractivity contribution < 1.29 is 9.47 Å². The number of aromatic amines is 1. The van der Waals surface area contributed by atoms with E-state index in [1.54, 1.807) is 7.11 Å². The first kappa shape index (κ1) is 16.7. The van der Waals surface area contributed by atoms with E-state index in [0.717, 1.165) is 51.5 Å². The maximum absolute atomic E-state index is 9.46. The van der Waals surface area contributed by atoms with Crippen LogP contribution in [0.25, 0.3) is 21.8 Å². The highest BCUT2D eigenvalue weighted by molar-refractivity contribution is 5.89. The molecule has 0 atom stereocenters. The number of hydrogen-bond acceptors (Lipinski definition) is 4. The summed E-state index contributed by atoms with van der Waals surface area (Å²) in [6, 6.07) is 10.1. The van der Waals surface area contributed by atoms with Gasteiger partial charge in [0.25, 0.3) is 0 Å². The highest BCUT2D eigenvalue weighted by Gasteiger charge is 2.26. The first-order valence-corrected chi connectivity index (χ1v) is 9.38. The topological polar surface area (TPSA) is 75.9 Å².